The summed E-state index contributed by atoms with van der Waals surface area (Å²) in [6.45, 7) is 6.05. The number of hydrazone groups is 1. The van der Waals surface area contributed by atoms with Gasteiger partial charge in [-0.25, -0.2) is 5.43 Å². The zero-order chi connectivity index (χ0) is 21.7. The summed E-state index contributed by atoms with van der Waals surface area (Å²) in [7, 11) is 0. The van der Waals surface area contributed by atoms with E-state index in [9.17, 15) is 4.79 Å². The molecule has 0 aliphatic carbocycles. The predicted octanol–water partition coefficient (Wildman–Crippen LogP) is 6.34. The number of nitrogens with one attached hydrogen (secondary N) is 1. The van der Waals surface area contributed by atoms with Gasteiger partial charge in [0.25, 0.3) is 0 Å². The first-order valence-corrected chi connectivity index (χ1v) is 11.2. The Hall–Kier alpha value is -2.21. The molecule has 7 heteroatoms. The molecule has 0 spiro atoms. The number of aryl methyl sites for hydroxylation is 2. The van der Waals surface area contributed by atoms with E-state index >= 15 is 0 Å². The van der Waals surface area contributed by atoms with Gasteiger partial charge in [0.1, 0.15) is 0 Å². The lowest BCUT2D eigenvalue weighted by atomic mass is 10.2. The number of carbonyl (C=O) groups excluding carboxylic acids is 1. The maximum absolute atomic E-state index is 12.1. The smallest absolute Gasteiger partial charge is 0.240 e. The fourth-order valence-corrected chi connectivity index (χ4v) is 4.48. The highest BCUT2D eigenvalue weighted by molar-refractivity contribution is 7.99. The maximum Gasteiger partial charge on any atom is 0.240 e. The van der Waals surface area contributed by atoms with Crippen molar-refractivity contribution in [2.45, 2.75) is 32.1 Å². The van der Waals surface area contributed by atoms with Gasteiger partial charge in [0, 0.05) is 49.8 Å². The second-order valence-corrected chi connectivity index (χ2v) is 9.04. The largest absolute Gasteiger partial charge is 0.318 e. The van der Waals surface area contributed by atoms with Gasteiger partial charge in [-0.1, -0.05) is 40.9 Å². The quantitative estimate of drug-likeness (QED) is 0.254. The van der Waals surface area contributed by atoms with Crippen LogP contribution in [0.15, 0.2) is 58.5 Å². The molecule has 0 bridgehead atoms. The molecule has 0 saturated carbocycles. The Morgan fingerprint density at radius 1 is 1.07 bits per heavy atom. The summed E-state index contributed by atoms with van der Waals surface area (Å²) < 4.78 is 2.05. The van der Waals surface area contributed by atoms with Gasteiger partial charge >= 0.3 is 0 Å². The van der Waals surface area contributed by atoms with E-state index in [0.29, 0.717) is 22.2 Å². The molecular weight excluding hydrogens is 437 g/mol. The van der Waals surface area contributed by atoms with E-state index in [0.717, 1.165) is 27.5 Å². The third kappa shape index (κ3) is 5.91. The molecule has 4 nitrogen and oxygen atoms in total. The predicted molar refractivity (Wildman–Crippen MR) is 128 cm³/mol. The monoisotopic (exact) mass is 459 g/mol. The van der Waals surface area contributed by atoms with Crippen molar-refractivity contribution in [3.8, 4) is 5.69 Å². The summed E-state index contributed by atoms with van der Waals surface area (Å²) in [5, 5.41) is 5.28. The third-order valence-corrected chi connectivity index (χ3v) is 6.04. The van der Waals surface area contributed by atoms with E-state index in [4.69, 9.17) is 23.2 Å². The van der Waals surface area contributed by atoms with Crippen LogP contribution < -0.4 is 5.43 Å². The lowest BCUT2D eigenvalue weighted by Crippen LogP contribution is -2.17. The number of thioether (sulfide) groups is 1. The highest BCUT2D eigenvalue weighted by atomic mass is 35.5. The first-order chi connectivity index (χ1) is 14.3. The minimum atomic E-state index is -0.110. The van der Waals surface area contributed by atoms with E-state index in [-0.39, 0.29) is 5.91 Å². The topological polar surface area (TPSA) is 46.4 Å². The first kappa shape index (κ1) is 22.5. The molecule has 3 rings (SSSR count). The number of nitrogens with zero attached hydrogens (tertiary/aromatic N) is 2. The Labute approximate surface area is 191 Å². The zero-order valence-electron chi connectivity index (χ0n) is 17.1. The second-order valence-electron chi connectivity index (χ2n) is 6.99. The summed E-state index contributed by atoms with van der Waals surface area (Å²) in [6, 6.07) is 15.7. The molecule has 0 aliphatic rings. The SMILES string of the molecule is Cc1ccc(SCCC(=O)N/N=C\c2cc(C)n(-c3cc(Cl)cc(Cl)c3)c2C)cc1. The molecule has 0 unspecified atom stereocenters. The van der Waals surface area contributed by atoms with Crippen LogP contribution in [0, 0.1) is 20.8 Å². The molecule has 1 N–H and O–H groups in total. The van der Waals surface area contributed by atoms with Crippen LogP contribution in [0.4, 0.5) is 0 Å². The first-order valence-electron chi connectivity index (χ1n) is 9.50. The number of aromatic nitrogens is 1. The van der Waals surface area contributed by atoms with Crippen molar-refractivity contribution in [2.24, 2.45) is 5.10 Å². The van der Waals surface area contributed by atoms with Crippen molar-refractivity contribution in [3.05, 3.63) is 81.1 Å². The van der Waals surface area contributed by atoms with Crippen molar-refractivity contribution in [2.75, 3.05) is 5.75 Å². The molecular formula is C23H23Cl2N3OS. The average Bonchev–Trinajstić information content (AvgIpc) is 2.96. The van der Waals surface area contributed by atoms with E-state index in [1.165, 1.54) is 5.56 Å². The van der Waals surface area contributed by atoms with Gasteiger partial charge in [-0.15, -0.1) is 11.8 Å². The summed E-state index contributed by atoms with van der Waals surface area (Å²) >= 11 is 13.9. The van der Waals surface area contributed by atoms with Crippen LogP contribution in [0.25, 0.3) is 5.69 Å². The van der Waals surface area contributed by atoms with Crippen molar-refractivity contribution < 1.29 is 4.79 Å². The van der Waals surface area contributed by atoms with Crippen LogP contribution in [-0.2, 0) is 4.79 Å². The van der Waals surface area contributed by atoms with Gasteiger partial charge in [0.2, 0.25) is 5.91 Å². The lowest BCUT2D eigenvalue weighted by molar-refractivity contribution is -0.120. The summed E-state index contributed by atoms with van der Waals surface area (Å²) in [5.41, 5.74) is 7.64. The summed E-state index contributed by atoms with van der Waals surface area (Å²) in [5.74, 6) is 0.593. The molecule has 1 heterocycles. The van der Waals surface area contributed by atoms with Gasteiger partial charge in [-0.2, -0.15) is 5.10 Å². The standard InChI is InChI=1S/C23H23Cl2N3OS/c1-15-4-6-22(7-5-15)30-9-8-23(29)27-26-14-18-10-16(2)28(17(18)3)21-12-19(24)11-20(25)13-21/h4-7,10-14H,8-9H2,1-3H3,(H,27,29)/b26-14-. The minimum absolute atomic E-state index is 0.110. The molecule has 0 radical (unpaired) electrons. The zero-order valence-corrected chi connectivity index (χ0v) is 19.4. The van der Waals surface area contributed by atoms with Crippen LogP contribution >= 0.6 is 35.0 Å². The molecule has 0 fully saturated rings. The van der Waals surface area contributed by atoms with Gasteiger partial charge in [0.05, 0.1) is 6.21 Å². The minimum Gasteiger partial charge on any atom is -0.318 e. The van der Waals surface area contributed by atoms with Crippen LogP contribution in [0.2, 0.25) is 10.0 Å². The Balaban J connectivity index is 1.58. The maximum atomic E-state index is 12.1. The molecule has 0 atom stereocenters. The second kappa shape index (κ2) is 10.2. The van der Waals surface area contributed by atoms with E-state index in [1.54, 1.807) is 24.0 Å². The van der Waals surface area contributed by atoms with E-state index < -0.39 is 0 Å². The number of amides is 1. The van der Waals surface area contributed by atoms with Gasteiger partial charge in [0.15, 0.2) is 0 Å². The van der Waals surface area contributed by atoms with Crippen molar-refractivity contribution in [1.82, 2.24) is 9.99 Å². The lowest BCUT2D eigenvalue weighted by Gasteiger charge is -2.10. The molecule has 0 aliphatic heterocycles. The number of rotatable bonds is 7. The number of hydrogen-bond donors (Lipinski definition) is 1. The number of hydrogen-bond acceptors (Lipinski definition) is 3. The fraction of sp³-hybridized carbons (Fsp3) is 0.217. The van der Waals surface area contributed by atoms with Gasteiger partial charge < -0.3 is 4.57 Å². The molecule has 0 saturated heterocycles. The normalized spacial score (nSPS) is 11.2. The molecule has 30 heavy (non-hydrogen) atoms. The Kier molecular flexibility index (Phi) is 7.64. The van der Waals surface area contributed by atoms with Crippen LogP contribution in [0.3, 0.4) is 0 Å². The summed E-state index contributed by atoms with van der Waals surface area (Å²) in [4.78, 5) is 13.2. The highest BCUT2D eigenvalue weighted by Gasteiger charge is 2.11. The fourth-order valence-electron chi connectivity index (χ4n) is 3.11. The molecule has 2 aromatic carbocycles. The highest BCUT2D eigenvalue weighted by Crippen LogP contribution is 2.26. The van der Waals surface area contributed by atoms with Gasteiger partial charge in [-0.3, -0.25) is 4.79 Å². The van der Waals surface area contributed by atoms with Crippen LogP contribution in [-0.4, -0.2) is 22.4 Å². The Morgan fingerprint density at radius 2 is 1.73 bits per heavy atom. The van der Waals surface area contributed by atoms with E-state index in [2.05, 4.69) is 46.3 Å². The Morgan fingerprint density at radius 3 is 2.40 bits per heavy atom. The molecule has 1 amide bonds. The Bertz CT molecular complexity index is 1050. The third-order valence-electron chi connectivity index (χ3n) is 4.59. The average molecular weight is 460 g/mol. The molecule has 156 valence electrons. The van der Waals surface area contributed by atoms with Crippen LogP contribution in [0.1, 0.15) is 28.9 Å². The van der Waals surface area contributed by atoms with Crippen molar-refractivity contribution in [3.63, 3.8) is 0 Å². The number of benzene rings is 2. The van der Waals surface area contributed by atoms with E-state index in [1.807, 2.05) is 32.0 Å². The number of carbonyl (C=O) groups is 1. The van der Waals surface area contributed by atoms with Crippen LogP contribution in [0.5, 0.6) is 0 Å². The van der Waals surface area contributed by atoms with Crippen molar-refractivity contribution in [1.29, 1.82) is 0 Å². The number of halogens is 2. The summed E-state index contributed by atoms with van der Waals surface area (Å²) in [6.07, 6.45) is 2.06. The van der Waals surface area contributed by atoms with Crippen molar-refractivity contribution >= 4 is 47.1 Å². The molecule has 1 aromatic heterocycles. The van der Waals surface area contributed by atoms with Gasteiger partial charge in [-0.05, 0) is 57.2 Å². The molecule has 3 aromatic rings.